The Hall–Kier alpha value is -0.800. The van der Waals surface area contributed by atoms with E-state index < -0.39 is 0 Å². The number of carbonyl (C=O) groups is 1. The van der Waals surface area contributed by atoms with E-state index in [1.54, 1.807) is 11.0 Å². The number of hydrogen-bond donors (Lipinski definition) is 0. The van der Waals surface area contributed by atoms with Crippen molar-refractivity contribution in [1.29, 1.82) is 0 Å². The monoisotopic (exact) mass is 258 g/mol. The van der Waals surface area contributed by atoms with Gasteiger partial charge in [0, 0.05) is 18.8 Å². The number of alkyl halides is 1. The lowest BCUT2D eigenvalue weighted by Crippen LogP contribution is -2.25. The molecule has 86 valence electrons. The molecule has 2 rings (SSSR count). The molecule has 0 radical (unpaired) electrons. The van der Waals surface area contributed by atoms with Crippen LogP contribution in [0.5, 0.6) is 0 Å². The first kappa shape index (κ1) is 11.7. The van der Waals surface area contributed by atoms with Gasteiger partial charge in [0.2, 0.25) is 5.91 Å². The molecule has 0 saturated carbocycles. The third-order valence-electron chi connectivity index (χ3n) is 2.64. The van der Waals surface area contributed by atoms with Gasteiger partial charge in [-0.15, -0.1) is 11.6 Å². The second kappa shape index (κ2) is 5.02. The van der Waals surface area contributed by atoms with E-state index in [0.717, 1.165) is 12.2 Å². The Bertz CT molecular complexity index is 397. The third-order valence-corrected chi connectivity index (χ3v) is 3.29. The molecule has 1 amide bonds. The Morgan fingerprint density at radius 3 is 2.94 bits per heavy atom. The molecule has 1 fully saturated rings. The average molecular weight is 259 g/mol. The molecule has 1 aliphatic heterocycles. The summed E-state index contributed by atoms with van der Waals surface area (Å²) in [6.45, 7) is 1.24. The van der Waals surface area contributed by atoms with E-state index in [1.807, 2.05) is 12.1 Å². The number of halogens is 2. The predicted molar refractivity (Wildman–Crippen MR) is 63.5 cm³/mol. The predicted octanol–water partition coefficient (Wildman–Crippen LogP) is 2.32. The van der Waals surface area contributed by atoms with Crippen LogP contribution >= 0.6 is 23.2 Å². The molecule has 0 spiro atoms. The summed E-state index contributed by atoms with van der Waals surface area (Å²) >= 11 is 11.5. The first-order valence-electron chi connectivity index (χ1n) is 5.14. The van der Waals surface area contributed by atoms with E-state index in [2.05, 4.69) is 4.98 Å². The van der Waals surface area contributed by atoms with Crippen LogP contribution in [0.25, 0.3) is 0 Å². The standard InChI is InChI=1S/C11H12Cl2N2O/c12-5-8-4-11(16)15(6-8)7-9-2-1-3-10(13)14-9/h1-3,8H,4-7H2. The summed E-state index contributed by atoms with van der Waals surface area (Å²) in [5.41, 5.74) is 0.816. The molecule has 1 aliphatic rings. The van der Waals surface area contributed by atoms with Crippen molar-refractivity contribution in [2.75, 3.05) is 12.4 Å². The molecule has 1 atom stereocenters. The van der Waals surface area contributed by atoms with E-state index in [1.165, 1.54) is 0 Å². The first-order valence-corrected chi connectivity index (χ1v) is 6.05. The van der Waals surface area contributed by atoms with E-state index in [9.17, 15) is 4.79 Å². The van der Waals surface area contributed by atoms with Gasteiger partial charge >= 0.3 is 0 Å². The molecule has 0 aliphatic carbocycles. The number of pyridine rings is 1. The topological polar surface area (TPSA) is 33.2 Å². The summed E-state index contributed by atoms with van der Waals surface area (Å²) in [4.78, 5) is 17.6. The molecule has 2 heterocycles. The largest absolute Gasteiger partial charge is 0.336 e. The Labute approximate surface area is 104 Å². The Kier molecular flexibility index (Phi) is 3.66. The minimum Gasteiger partial charge on any atom is -0.336 e. The second-order valence-corrected chi connectivity index (χ2v) is 4.65. The van der Waals surface area contributed by atoms with Gasteiger partial charge in [-0.3, -0.25) is 4.79 Å². The summed E-state index contributed by atoms with van der Waals surface area (Å²) in [6.07, 6.45) is 0.546. The molecule has 1 aromatic rings. The van der Waals surface area contributed by atoms with Crippen LogP contribution in [0.4, 0.5) is 0 Å². The molecule has 0 aromatic carbocycles. The number of rotatable bonds is 3. The van der Waals surface area contributed by atoms with Crippen molar-refractivity contribution in [1.82, 2.24) is 9.88 Å². The summed E-state index contributed by atoms with van der Waals surface area (Å²) in [5.74, 6) is 0.950. The van der Waals surface area contributed by atoms with Crippen molar-refractivity contribution >= 4 is 29.1 Å². The highest BCUT2D eigenvalue weighted by Crippen LogP contribution is 2.20. The number of nitrogens with zero attached hydrogens (tertiary/aromatic N) is 2. The molecule has 0 bridgehead atoms. The maximum atomic E-state index is 11.6. The third kappa shape index (κ3) is 2.66. The van der Waals surface area contributed by atoms with E-state index in [0.29, 0.717) is 24.0 Å². The molecule has 1 aromatic heterocycles. The summed E-state index contributed by atoms with van der Waals surface area (Å²) < 4.78 is 0. The van der Waals surface area contributed by atoms with Crippen molar-refractivity contribution < 1.29 is 4.79 Å². The molecule has 1 unspecified atom stereocenters. The summed E-state index contributed by atoms with van der Waals surface area (Å²) in [7, 11) is 0. The first-order chi connectivity index (χ1) is 7.69. The molecule has 0 N–H and O–H groups in total. The molecule has 3 nitrogen and oxygen atoms in total. The fourth-order valence-corrected chi connectivity index (χ4v) is 2.23. The van der Waals surface area contributed by atoms with Crippen LogP contribution in [0.2, 0.25) is 5.15 Å². The van der Waals surface area contributed by atoms with Crippen LogP contribution < -0.4 is 0 Å². The lowest BCUT2D eigenvalue weighted by molar-refractivity contribution is -0.128. The number of likely N-dealkylation sites (tertiary alicyclic amines) is 1. The van der Waals surface area contributed by atoms with Crippen LogP contribution in [0, 0.1) is 5.92 Å². The van der Waals surface area contributed by atoms with Gasteiger partial charge in [-0.1, -0.05) is 17.7 Å². The minimum atomic E-state index is 0.146. The lowest BCUT2D eigenvalue weighted by atomic mass is 10.1. The van der Waals surface area contributed by atoms with Crippen LogP contribution in [0.3, 0.4) is 0 Å². The van der Waals surface area contributed by atoms with Gasteiger partial charge < -0.3 is 4.90 Å². The van der Waals surface area contributed by atoms with Crippen molar-refractivity contribution in [3.8, 4) is 0 Å². The maximum Gasteiger partial charge on any atom is 0.223 e. The average Bonchev–Trinajstić information content (AvgIpc) is 2.60. The summed E-state index contributed by atoms with van der Waals surface area (Å²) in [5, 5.41) is 0.457. The second-order valence-electron chi connectivity index (χ2n) is 3.95. The zero-order valence-corrected chi connectivity index (χ0v) is 10.2. The summed E-state index contributed by atoms with van der Waals surface area (Å²) in [6, 6.07) is 5.43. The highest BCUT2D eigenvalue weighted by molar-refractivity contribution is 6.29. The smallest absolute Gasteiger partial charge is 0.223 e. The van der Waals surface area contributed by atoms with Crippen molar-refractivity contribution in [3.63, 3.8) is 0 Å². The Morgan fingerprint density at radius 1 is 1.50 bits per heavy atom. The quantitative estimate of drug-likeness (QED) is 0.616. The lowest BCUT2D eigenvalue weighted by Gasteiger charge is -2.15. The molecular weight excluding hydrogens is 247 g/mol. The Morgan fingerprint density at radius 2 is 2.31 bits per heavy atom. The van der Waals surface area contributed by atoms with Gasteiger partial charge in [0.05, 0.1) is 12.2 Å². The molecular formula is C11H12Cl2N2O. The van der Waals surface area contributed by atoms with E-state index >= 15 is 0 Å². The van der Waals surface area contributed by atoms with Crippen molar-refractivity contribution in [2.45, 2.75) is 13.0 Å². The fourth-order valence-electron chi connectivity index (χ4n) is 1.84. The minimum absolute atomic E-state index is 0.146. The SMILES string of the molecule is O=C1CC(CCl)CN1Cc1cccc(Cl)n1. The zero-order chi connectivity index (χ0) is 11.5. The number of aromatic nitrogens is 1. The van der Waals surface area contributed by atoms with Crippen molar-refractivity contribution in [2.24, 2.45) is 5.92 Å². The van der Waals surface area contributed by atoms with Gasteiger partial charge in [0.25, 0.3) is 0 Å². The molecule has 1 saturated heterocycles. The van der Waals surface area contributed by atoms with E-state index in [-0.39, 0.29) is 11.8 Å². The maximum absolute atomic E-state index is 11.6. The van der Waals surface area contributed by atoms with Crippen LogP contribution in [-0.2, 0) is 11.3 Å². The number of carbonyl (C=O) groups excluding carboxylic acids is 1. The highest BCUT2D eigenvalue weighted by atomic mass is 35.5. The molecule has 5 heteroatoms. The van der Waals surface area contributed by atoms with Crippen LogP contribution in [0.1, 0.15) is 12.1 Å². The number of amides is 1. The van der Waals surface area contributed by atoms with Gasteiger partial charge in [0.1, 0.15) is 5.15 Å². The van der Waals surface area contributed by atoms with Crippen LogP contribution in [-0.4, -0.2) is 28.2 Å². The highest BCUT2D eigenvalue weighted by Gasteiger charge is 2.28. The van der Waals surface area contributed by atoms with Crippen molar-refractivity contribution in [3.05, 3.63) is 29.0 Å². The number of hydrogen-bond acceptors (Lipinski definition) is 2. The van der Waals surface area contributed by atoms with E-state index in [4.69, 9.17) is 23.2 Å². The van der Waals surface area contributed by atoms with Gasteiger partial charge in [-0.2, -0.15) is 0 Å². The zero-order valence-electron chi connectivity index (χ0n) is 8.70. The molecule has 16 heavy (non-hydrogen) atoms. The van der Waals surface area contributed by atoms with Gasteiger partial charge in [-0.05, 0) is 18.1 Å². The fraction of sp³-hybridized carbons (Fsp3) is 0.455. The van der Waals surface area contributed by atoms with Gasteiger partial charge in [-0.25, -0.2) is 4.98 Å². The van der Waals surface area contributed by atoms with Crippen LogP contribution in [0.15, 0.2) is 18.2 Å². The van der Waals surface area contributed by atoms with Gasteiger partial charge in [0.15, 0.2) is 0 Å². The Balaban J connectivity index is 2.03. The normalized spacial score (nSPS) is 20.5.